The normalized spacial score (nSPS) is 47.6. The number of carbonyl (C=O) groups is 2. The number of aliphatic carboxylic acids is 2. The highest BCUT2D eigenvalue weighted by Gasteiger charge is 2.84. The number of rotatable bonds is 5. The maximum atomic E-state index is 11.0. The van der Waals surface area contributed by atoms with E-state index in [0.717, 1.165) is 6.42 Å². The topological polar surface area (TPSA) is 77.8 Å². The lowest BCUT2D eigenvalue weighted by molar-refractivity contribution is -0.382. The van der Waals surface area contributed by atoms with Gasteiger partial charge in [-0.05, 0) is 36.0 Å². The van der Waals surface area contributed by atoms with Crippen LogP contribution in [0.4, 0.5) is 0 Å². The van der Waals surface area contributed by atoms with Crippen molar-refractivity contribution in [2.24, 2.45) is 23.2 Å². The van der Waals surface area contributed by atoms with Crippen molar-refractivity contribution in [3.63, 3.8) is 0 Å². The van der Waals surface area contributed by atoms with E-state index >= 15 is 0 Å². The zero-order chi connectivity index (χ0) is 13.3. The SMILES string of the molecule is C[C@@H]1[C@H]2CC3C[C@@]1(N(CC(=O)O)CC(=O)O)[C@@]32C. The number of nitrogens with zero attached hydrogens (tertiary/aromatic N) is 1. The lowest BCUT2D eigenvalue weighted by Gasteiger charge is -2.88. The minimum absolute atomic E-state index is 0.161. The smallest absolute Gasteiger partial charge is 0.317 e. The minimum Gasteiger partial charge on any atom is -0.480 e. The second kappa shape index (κ2) is 3.26. The van der Waals surface area contributed by atoms with Gasteiger partial charge in [0, 0.05) is 5.54 Å². The summed E-state index contributed by atoms with van der Waals surface area (Å²) in [4.78, 5) is 23.7. The Labute approximate surface area is 106 Å². The average molecular weight is 253 g/mol. The highest BCUT2D eigenvalue weighted by Crippen LogP contribution is 2.84. The molecule has 0 aliphatic heterocycles. The van der Waals surface area contributed by atoms with Crippen LogP contribution in [0.1, 0.15) is 26.7 Å². The minimum atomic E-state index is -0.937. The molecule has 18 heavy (non-hydrogen) atoms. The summed E-state index contributed by atoms with van der Waals surface area (Å²) in [7, 11) is 0. The average Bonchev–Trinajstić information content (AvgIpc) is 2.27. The van der Waals surface area contributed by atoms with Crippen LogP contribution in [0.15, 0.2) is 0 Å². The van der Waals surface area contributed by atoms with Crippen molar-refractivity contribution in [3.05, 3.63) is 0 Å². The quantitative estimate of drug-likeness (QED) is 0.761. The molecule has 2 N–H and O–H groups in total. The third kappa shape index (κ3) is 1.03. The van der Waals surface area contributed by atoms with E-state index in [0.29, 0.717) is 17.8 Å². The summed E-state index contributed by atoms with van der Waals surface area (Å²) in [6.45, 7) is 4.04. The highest BCUT2D eigenvalue weighted by atomic mass is 16.4. The summed E-state index contributed by atoms with van der Waals surface area (Å²) in [6.07, 6.45) is 2.22. The molecule has 3 fully saturated rings. The Kier molecular flexibility index (Phi) is 2.17. The molecule has 3 aliphatic rings. The first-order valence-corrected chi connectivity index (χ1v) is 6.52. The maximum Gasteiger partial charge on any atom is 0.317 e. The molecule has 0 spiro atoms. The monoisotopic (exact) mass is 253 g/mol. The number of carboxylic acid groups (broad SMARTS) is 2. The predicted octanol–water partition coefficient (Wildman–Crippen LogP) is 0.892. The van der Waals surface area contributed by atoms with Crippen molar-refractivity contribution >= 4 is 11.9 Å². The largest absolute Gasteiger partial charge is 0.480 e. The van der Waals surface area contributed by atoms with Gasteiger partial charge in [0.05, 0.1) is 13.1 Å². The second-order valence-corrected chi connectivity index (χ2v) is 6.38. The molecule has 5 heteroatoms. The van der Waals surface area contributed by atoms with Crippen LogP contribution in [0.25, 0.3) is 0 Å². The van der Waals surface area contributed by atoms with Crippen molar-refractivity contribution in [2.45, 2.75) is 32.2 Å². The van der Waals surface area contributed by atoms with E-state index in [1.165, 1.54) is 6.42 Å². The summed E-state index contributed by atoms with van der Waals surface area (Å²) < 4.78 is 0. The third-order valence-corrected chi connectivity index (χ3v) is 6.22. The molecule has 3 saturated carbocycles. The Balaban J connectivity index is 1.86. The molecule has 0 aromatic rings. The lowest BCUT2D eigenvalue weighted by Crippen LogP contribution is -2.90. The number of hydrogen-bond acceptors (Lipinski definition) is 3. The van der Waals surface area contributed by atoms with Gasteiger partial charge in [0.2, 0.25) is 0 Å². The van der Waals surface area contributed by atoms with E-state index in [9.17, 15) is 9.59 Å². The Hall–Kier alpha value is -1.10. The van der Waals surface area contributed by atoms with E-state index in [1.807, 2.05) is 0 Å². The summed E-state index contributed by atoms with van der Waals surface area (Å²) in [5.41, 5.74) is 0.00861. The lowest BCUT2D eigenvalue weighted by atomic mass is 9.20. The van der Waals surface area contributed by atoms with Gasteiger partial charge >= 0.3 is 11.9 Å². The van der Waals surface area contributed by atoms with Gasteiger partial charge in [-0.25, -0.2) is 0 Å². The fourth-order valence-electron chi connectivity index (χ4n) is 5.43. The van der Waals surface area contributed by atoms with Crippen molar-refractivity contribution < 1.29 is 19.8 Å². The van der Waals surface area contributed by atoms with Crippen LogP contribution in [0, 0.1) is 23.2 Å². The van der Waals surface area contributed by atoms with Gasteiger partial charge in [0.25, 0.3) is 0 Å². The molecule has 0 aromatic carbocycles. The molecule has 0 heterocycles. The summed E-state index contributed by atoms with van der Waals surface area (Å²) >= 11 is 0. The van der Waals surface area contributed by atoms with Gasteiger partial charge in [-0.3, -0.25) is 14.5 Å². The zero-order valence-electron chi connectivity index (χ0n) is 10.7. The molecule has 0 amide bonds. The van der Waals surface area contributed by atoms with E-state index in [4.69, 9.17) is 10.2 Å². The molecule has 1 unspecified atom stereocenters. The number of hydrogen-bond donors (Lipinski definition) is 2. The Morgan fingerprint density at radius 1 is 1.28 bits per heavy atom. The van der Waals surface area contributed by atoms with Crippen molar-refractivity contribution in [2.75, 3.05) is 13.1 Å². The van der Waals surface area contributed by atoms with Crippen LogP contribution >= 0.6 is 0 Å². The highest BCUT2D eigenvalue weighted by molar-refractivity contribution is 5.73. The van der Waals surface area contributed by atoms with Crippen LogP contribution in [0.3, 0.4) is 0 Å². The van der Waals surface area contributed by atoms with E-state index in [1.54, 1.807) is 4.90 Å². The zero-order valence-corrected chi connectivity index (χ0v) is 10.7. The molecule has 3 aliphatic carbocycles. The molecule has 0 radical (unpaired) electrons. The summed E-state index contributed by atoms with van der Waals surface area (Å²) in [5, 5.41) is 18.0. The van der Waals surface area contributed by atoms with Crippen molar-refractivity contribution in [1.29, 1.82) is 0 Å². The van der Waals surface area contributed by atoms with Gasteiger partial charge in [-0.2, -0.15) is 0 Å². The molecule has 5 nitrogen and oxygen atoms in total. The maximum absolute atomic E-state index is 11.0. The van der Waals surface area contributed by atoms with Crippen LogP contribution < -0.4 is 0 Å². The van der Waals surface area contributed by atoms with Gasteiger partial charge in [-0.15, -0.1) is 0 Å². The van der Waals surface area contributed by atoms with Crippen LogP contribution in [0.5, 0.6) is 0 Å². The van der Waals surface area contributed by atoms with Crippen molar-refractivity contribution in [1.82, 2.24) is 4.90 Å². The Bertz CT molecular complexity index is 421. The first-order chi connectivity index (χ1) is 8.34. The fraction of sp³-hybridized carbons (Fsp3) is 0.846. The second-order valence-electron chi connectivity index (χ2n) is 6.38. The molecular weight excluding hydrogens is 234 g/mol. The van der Waals surface area contributed by atoms with E-state index in [2.05, 4.69) is 13.8 Å². The Morgan fingerprint density at radius 3 is 2.17 bits per heavy atom. The van der Waals surface area contributed by atoms with Crippen LogP contribution in [0.2, 0.25) is 0 Å². The standard InChI is InChI=1S/C13H19NO4/c1-7-9-3-8-4-13(7,12(8,9)2)14(5-10(15)16)6-11(17)18/h7-9H,3-6H2,1-2H3,(H,15,16)(H,17,18)/t7-,8?,9-,12+,13+/m1/s1. The van der Waals surface area contributed by atoms with E-state index < -0.39 is 11.9 Å². The predicted molar refractivity (Wildman–Crippen MR) is 63.1 cm³/mol. The first kappa shape index (κ1) is 12.0. The van der Waals surface area contributed by atoms with Crippen molar-refractivity contribution in [3.8, 4) is 0 Å². The number of carboxylic acids is 2. The summed E-state index contributed by atoms with van der Waals surface area (Å²) in [6, 6.07) is 0. The third-order valence-electron chi connectivity index (χ3n) is 6.22. The van der Waals surface area contributed by atoms with Crippen LogP contribution in [-0.2, 0) is 9.59 Å². The molecule has 5 atom stereocenters. The van der Waals surface area contributed by atoms with E-state index in [-0.39, 0.29) is 24.0 Å². The van der Waals surface area contributed by atoms with Gasteiger partial charge < -0.3 is 10.2 Å². The van der Waals surface area contributed by atoms with Crippen LogP contribution in [-0.4, -0.2) is 45.7 Å². The molecule has 100 valence electrons. The molecule has 0 saturated heterocycles. The molecule has 3 rings (SSSR count). The van der Waals surface area contributed by atoms with Gasteiger partial charge in [0.1, 0.15) is 0 Å². The molecule has 0 aromatic heterocycles. The molecule has 0 bridgehead atoms. The Morgan fingerprint density at radius 2 is 1.83 bits per heavy atom. The fourth-order valence-corrected chi connectivity index (χ4v) is 5.43. The molecular formula is C13H19NO4. The first-order valence-electron chi connectivity index (χ1n) is 6.52. The van der Waals surface area contributed by atoms with Gasteiger partial charge in [0.15, 0.2) is 0 Å². The van der Waals surface area contributed by atoms with Gasteiger partial charge in [-0.1, -0.05) is 13.8 Å². The summed E-state index contributed by atoms with van der Waals surface area (Å²) in [5.74, 6) is -0.100.